The van der Waals surface area contributed by atoms with Crippen LogP contribution in [0.3, 0.4) is 0 Å². The fourth-order valence-corrected chi connectivity index (χ4v) is 2.50. The molecular formula is C11H12FN. The Labute approximate surface area is 77.2 Å². The molecule has 0 amide bonds. The Balaban J connectivity index is 1.92. The number of halogens is 1. The Hall–Kier alpha value is -1.05. The molecule has 0 atom stereocenters. The lowest BCUT2D eigenvalue weighted by Crippen LogP contribution is -2.28. The molecule has 2 heteroatoms. The summed E-state index contributed by atoms with van der Waals surface area (Å²) < 4.78 is 12.9. The SMILES string of the molecule is Fc1cccc(N2CC3CC2C3)c1. The van der Waals surface area contributed by atoms with Crippen LogP contribution in [0.25, 0.3) is 0 Å². The molecule has 2 heterocycles. The molecule has 0 radical (unpaired) electrons. The summed E-state index contributed by atoms with van der Waals surface area (Å²) in [5.41, 5.74) is 1.06. The van der Waals surface area contributed by atoms with Gasteiger partial charge >= 0.3 is 0 Å². The largest absolute Gasteiger partial charge is 0.368 e. The first-order chi connectivity index (χ1) is 6.33. The first-order valence-electron chi connectivity index (χ1n) is 4.85. The topological polar surface area (TPSA) is 3.24 Å². The van der Waals surface area contributed by atoms with Crippen molar-refractivity contribution in [3.8, 4) is 0 Å². The molecule has 1 aliphatic carbocycles. The van der Waals surface area contributed by atoms with E-state index in [1.807, 2.05) is 6.07 Å². The summed E-state index contributed by atoms with van der Waals surface area (Å²) in [6.07, 6.45) is 2.63. The summed E-state index contributed by atoms with van der Waals surface area (Å²) in [5.74, 6) is 0.759. The van der Waals surface area contributed by atoms with Crippen LogP contribution < -0.4 is 4.90 Å². The minimum atomic E-state index is -0.124. The van der Waals surface area contributed by atoms with Crippen molar-refractivity contribution in [2.45, 2.75) is 18.9 Å². The van der Waals surface area contributed by atoms with Crippen LogP contribution in [-0.2, 0) is 0 Å². The maximum absolute atomic E-state index is 12.9. The van der Waals surface area contributed by atoms with E-state index in [1.165, 1.54) is 18.9 Å². The van der Waals surface area contributed by atoms with Crippen molar-refractivity contribution in [2.24, 2.45) is 5.92 Å². The van der Waals surface area contributed by atoms with Crippen molar-refractivity contribution in [2.75, 3.05) is 11.4 Å². The molecule has 2 aliphatic heterocycles. The van der Waals surface area contributed by atoms with E-state index in [2.05, 4.69) is 4.90 Å². The Morgan fingerprint density at radius 2 is 2.15 bits per heavy atom. The first-order valence-corrected chi connectivity index (χ1v) is 4.85. The van der Waals surface area contributed by atoms with E-state index in [4.69, 9.17) is 0 Å². The van der Waals surface area contributed by atoms with E-state index >= 15 is 0 Å². The number of benzene rings is 1. The van der Waals surface area contributed by atoms with Gasteiger partial charge in [-0.05, 0) is 37.0 Å². The van der Waals surface area contributed by atoms with Gasteiger partial charge in [-0.3, -0.25) is 0 Å². The van der Waals surface area contributed by atoms with Crippen molar-refractivity contribution in [3.63, 3.8) is 0 Å². The lowest BCUT2D eigenvalue weighted by Gasteiger charge is -2.27. The standard InChI is InChI=1S/C11H12FN/c12-9-2-1-3-10(6-9)13-7-8-4-11(13)5-8/h1-3,6,8,11H,4-5,7H2. The molecule has 1 aromatic rings. The van der Waals surface area contributed by atoms with E-state index in [0.29, 0.717) is 6.04 Å². The predicted octanol–water partition coefficient (Wildman–Crippen LogP) is 2.42. The summed E-state index contributed by atoms with van der Waals surface area (Å²) in [4.78, 5) is 2.34. The molecule has 13 heavy (non-hydrogen) atoms. The molecule has 0 spiro atoms. The number of anilines is 1. The Kier molecular flexibility index (Phi) is 1.40. The normalized spacial score (nSPS) is 30.4. The van der Waals surface area contributed by atoms with Gasteiger partial charge in [0.25, 0.3) is 0 Å². The molecule has 2 saturated heterocycles. The number of nitrogens with zero attached hydrogens (tertiary/aromatic N) is 1. The highest BCUT2D eigenvalue weighted by Crippen LogP contribution is 2.43. The van der Waals surface area contributed by atoms with Crippen molar-refractivity contribution in [1.29, 1.82) is 0 Å². The van der Waals surface area contributed by atoms with E-state index in [9.17, 15) is 4.39 Å². The molecule has 2 bridgehead atoms. The summed E-state index contributed by atoms with van der Waals surface area (Å²) in [6, 6.07) is 7.64. The fourth-order valence-electron chi connectivity index (χ4n) is 2.50. The molecule has 3 fully saturated rings. The van der Waals surface area contributed by atoms with E-state index in [-0.39, 0.29) is 5.82 Å². The van der Waals surface area contributed by atoms with Gasteiger partial charge in [0, 0.05) is 18.3 Å². The van der Waals surface area contributed by atoms with Crippen LogP contribution in [0.5, 0.6) is 0 Å². The smallest absolute Gasteiger partial charge is 0.125 e. The number of fused-ring (bicyclic) bond motifs is 1. The van der Waals surface area contributed by atoms with Gasteiger partial charge in [-0.15, -0.1) is 0 Å². The molecule has 1 nitrogen and oxygen atoms in total. The van der Waals surface area contributed by atoms with Crippen LogP contribution in [0, 0.1) is 11.7 Å². The van der Waals surface area contributed by atoms with Gasteiger partial charge < -0.3 is 4.90 Å². The second-order valence-corrected chi connectivity index (χ2v) is 4.12. The van der Waals surface area contributed by atoms with Gasteiger partial charge in [0.1, 0.15) is 5.82 Å². The van der Waals surface area contributed by atoms with Gasteiger partial charge in [0.2, 0.25) is 0 Å². The van der Waals surface area contributed by atoms with Gasteiger partial charge in [-0.25, -0.2) is 4.39 Å². The quantitative estimate of drug-likeness (QED) is 0.636. The maximum Gasteiger partial charge on any atom is 0.125 e. The molecule has 0 unspecified atom stereocenters. The van der Waals surface area contributed by atoms with E-state index in [1.54, 1.807) is 12.1 Å². The number of hydrogen-bond donors (Lipinski definition) is 0. The molecular weight excluding hydrogens is 165 g/mol. The van der Waals surface area contributed by atoms with Crippen LogP contribution in [0.15, 0.2) is 24.3 Å². The summed E-state index contributed by atoms with van der Waals surface area (Å²) in [5, 5.41) is 0. The third-order valence-corrected chi connectivity index (χ3v) is 3.25. The van der Waals surface area contributed by atoms with Gasteiger partial charge in [0.15, 0.2) is 0 Å². The number of hydrogen-bond acceptors (Lipinski definition) is 1. The lowest BCUT2D eigenvalue weighted by molar-refractivity contribution is 0.381. The molecule has 4 rings (SSSR count). The summed E-state index contributed by atoms with van der Waals surface area (Å²) in [7, 11) is 0. The molecule has 3 aliphatic rings. The second-order valence-electron chi connectivity index (χ2n) is 4.12. The zero-order valence-corrected chi connectivity index (χ0v) is 7.41. The van der Waals surface area contributed by atoms with Crippen LogP contribution in [0.2, 0.25) is 0 Å². The molecule has 1 aromatic carbocycles. The predicted molar refractivity (Wildman–Crippen MR) is 50.3 cm³/mol. The van der Waals surface area contributed by atoms with E-state index in [0.717, 1.165) is 18.2 Å². The lowest BCUT2D eigenvalue weighted by atomic mass is 9.86. The molecule has 1 saturated carbocycles. The van der Waals surface area contributed by atoms with Crippen LogP contribution >= 0.6 is 0 Å². The van der Waals surface area contributed by atoms with Crippen LogP contribution in [0.1, 0.15) is 12.8 Å². The first kappa shape index (κ1) is 7.36. The monoisotopic (exact) mass is 177 g/mol. The van der Waals surface area contributed by atoms with Crippen molar-refractivity contribution in [3.05, 3.63) is 30.1 Å². The molecule has 0 N–H and O–H groups in total. The summed E-state index contributed by atoms with van der Waals surface area (Å²) in [6.45, 7) is 1.13. The molecule has 68 valence electrons. The van der Waals surface area contributed by atoms with Crippen molar-refractivity contribution in [1.82, 2.24) is 0 Å². The minimum Gasteiger partial charge on any atom is -0.368 e. The Morgan fingerprint density at radius 1 is 1.31 bits per heavy atom. The Morgan fingerprint density at radius 3 is 2.77 bits per heavy atom. The second kappa shape index (κ2) is 2.47. The molecule has 0 aromatic heterocycles. The van der Waals surface area contributed by atoms with Gasteiger partial charge in [0.05, 0.1) is 0 Å². The van der Waals surface area contributed by atoms with Crippen molar-refractivity contribution >= 4 is 5.69 Å². The maximum atomic E-state index is 12.9. The summed E-state index contributed by atoms with van der Waals surface area (Å²) >= 11 is 0. The zero-order chi connectivity index (χ0) is 8.84. The van der Waals surface area contributed by atoms with Gasteiger partial charge in [-0.2, -0.15) is 0 Å². The van der Waals surface area contributed by atoms with Crippen LogP contribution in [0.4, 0.5) is 10.1 Å². The van der Waals surface area contributed by atoms with E-state index < -0.39 is 0 Å². The number of rotatable bonds is 1. The zero-order valence-electron chi connectivity index (χ0n) is 7.41. The van der Waals surface area contributed by atoms with Crippen molar-refractivity contribution < 1.29 is 4.39 Å². The third kappa shape index (κ3) is 1.05. The highest BCUT2D eigenvalue weighted by molar-refractivity contribution is 5.50. The van der Waals surface area contributed by atoms with Crippen LogP contribution in [-0.4, -0.2) is 12.6 Å². The minimum absolute atomic E-state index is 0.124. The highest BCUT2D eigenvalue weighted by atomic mass is 19.1. The Bertz CT molecular complexity index is 331. The fraction of sp³-hybridized carbons (Fsp3) is 0.455. The third-order valence-electron chi connectivity index (χ3n) is 3.25. The highest BCUT2D eigenvalue weighted by Gasteiger charge is 2.42. The average Bonchev–Trinajstić information content (AvgIpc) is 2.59. The van der Waals surface area contributed by atoms with Gasteiger partial charge in [-0.1, -0.05) is 6.07 Å². The average molecular weight is 177 g/mol.